The van der Waals surface area contributed by atoms with Crippen molar-refractivity contribution in [1.82, 2.24) is 0 Å². The van der Waals surface area contributed by atoms with Crippen LogP contribution >= 0.6 is 0 Å². The van der Waals surface area contributed by atoms with Gasteiger partial charge in [-0.25, -0.2) is 0 Å². The number of hydrogen-bond donors (Lipinski definition) is 1. The van der Waals surface area contributed by atoms with Gasteiger partial charge in [0.05, 0.1) is 6.61 Å². The second-order valence-electron chi connectivity index (χ2n) is 4.83. The van der Waals surface area contributed by atoms with Gasteiger partial charge in [-0.3, -0.25) is 0 Å². The van der Waals surface area contributed by atoms with E-state index in [9.17, 15) is 5.11 Å². The van der Waals surface area contributed by atoms with Crippen LogP contribution in [0, 0.1) is 5.92 Å². The van der Waals surface area contributed by atoms with Gasteiger partial charge in [-0.15, -0.1) is 0 Å². The molecule has 0 heterocycles. The zero-order valence-electron chi connectivity index (χ0n) is 11.9. The minimum atomic E-state index is -0.509. The van der Waals surface area contributed by atoms with Gasteiger partial charge in [0.25, 0.3) is 0 Å². The number of benzene rings is 1. The molecule has 1 unspecified atom stereocenters. The Morgan fingerprint density at radius 2 is 1.61 bits per heavy atom. The zero-order valence-corrected chi connectivity index (χ0v) is 11.9. The highest BCUT2D eigenvalue weighted by Crippen LogP contribution is 2.16. The molecule has 0 saturated heterocycles. The van der Waals surface area contributed by atoms with Crippen LogP contribution in [0.25, 0.3) is 0 Å². The Bertz CT molecular complexity index is 314. The average molecular weight is 250 g/mol. The molecule has 0 spiro atoms. The van der Waals surface area contributed by atoms with E-state index in [1.54, 1.807) is 0 Å². The highest BCUT2D eigenvalue weighted by Gasteiger charge is 2.09. The SMILES string of the molecule is CCc1ccc(C(O)COCC(CC)CC)cc1. The molecule has 102 valence electrons. The van der Waals surface area contributed by atoms with Crippen LogP contribution in [-0.2, 0) is 11.2 Å². The zero-order chi connectivity index (χ0) is 13.4. The summed E-state index contributed by atoms with van der Waals surface area (Å²) in [6.07, 6.45) is 2.79. The van der Waals surface area contributed by atoms with Crippen LogP contribution < -0.4 is 0 Å². The molecule has 0 fully saturated rings. The van der Waals surface area contributed by atoms with Crippen molar-refractivity contribution in [1.29, 1.82) is 0 Å². The van der Waals surface area contributed by atoms with Crippen LogP contribution in [0.2, 0.25) is 0 Å². The molecule has 2 heteroatoms. The summed E-state index contributed by atoms with van der Waals surface area (Å²) in [7, 11) is 0. The predicted molar refractivity (Wildman–Crippen MR) is 75.7 cm³/mol. The van der Waals surface area contributed by atoms with E-state index in [0.29, 0.717) is 12.5 Å². The van der Waals surface area contributed by atoms with E-state index in [4.69, 9.17) is 4.74 Å². The lowest BCUT2D eigenvalue weighted by molar-refractivity contribution is 0.0191. The van der Waals surface area contributed by atoms with Crippen molar-refractivity contribution in [3.05, 3.63) is 35.4 Å². The van der Waals surface area contributed by atoms with E-state index < -0.39 is 6.10 Å². The molecule has 1 rings (SSSR count). The number of hydrogen-bond acceptors (Lipinski definition) is 2. The first-order valence-corrected chi connectivity index (χ1v) is 7.05. The van der Waals surface area contributed by atoms with Crippen molar-refractivity contribution in [2.24, 2.45) is 5.92 Å². The van der Waals surface area contributed by atoms with Crippen molar-refractivity contribution < 1.29 is 9.84 Å². The molecule has 18 heavy (non-hydrogen) atoms. The Kier molecular flexibility index (Phi) is 6.99. The first-order chi connectivity index (χ1) is 8.71. The van der Waals surface area contributed by atoms with Crippen molar-refractivity contribution in [2.45, 2.75) is 46.1 Å². The van der Waals surface area contributed by atoms with Crippen LogP contribution in [0.3, 0.4) is 0 Å². The van der Waals surface area contributed by atoms with Gasteiger partial charge in [-0.05, 0) is 23.5 Å². The number of aryl methyl sites for hydroxylation is 1. The Morgan fingerprint density at radius 1 is 1.00 bits per heavy atom. The summed E-state index contributed by atoms with van der Waals surface area (Å²) in [5.74, 6) is 0.611. The molecule has 1 N–H and O–H groups in total. The largest absolute Gasteiger partial charge is 0.386 e. The monoisotopic (exact) mass is 250 g/mol. The Balaban J connectivity index is 2.37. The van der Waals surface area contributed by atoms with Crippen LogP contribution in [0.5, 0.6) is 0 Å². The maximum absolute atomic E-state index is 10.0. The van der Waals surface area contributed by atoms with E-state index in [0.717, 1.165) is 31.4 Å². The highest BCUT2D eigenvalue weighted by molar-refractivity contribution is 5.24. The van der Waals surface area contributed by atoms with E-state index in [2.05, 4.69) is 32.9 Å². The third-order valence-electron chi connectivity index (χ3n) is 3.56. The highest BCUT2D eigenvalue weighted by atomic mass is 16.5. The minimum Gasteiger partial charge on any atom is -0.386 e. The summed E-state index contributed by atoms with van der Waals surface area (Å²) in [6, 6.07) is 8.12. The number of ether oxygens (including phenoxy) is 1. The van der Waals surface area contributed by atoms with Gasteiger partial charge in [-0.1, -0.05) is 57.9 Å². The fourth-order valence-electron chi connectivity index (χ4n) is 1.94. The van der Waals surface area contributed by atoms with Crippen LogP contribution in [-0.4, -0.2) is 18.3 Å². The summed E-state index contributed by atoms with van der Waals surface area (Å²) >= 11 is 0. The molecule has 1 aromatic carbocycles. The number of aliphatic hydroxyl groups excluding tert-OH is 1. The topological polar surface area (TPSA) is 29.5 Å². The first kappa shape index (κ1) is 15.2. The van der Waals surface area contributed by atoms with Crippen LogP contribution in [0.15, 0.2) is 24.3 Å². The smallest absolute Gasteiger partial charge is 0.102 e. The molecule has 1 aromatic rings. The third-order valence-corrected chi connectivity index (χ3v) is 3.56. The molecular weight excluding hydrogens is 224 g/mol. The van der Waals surface area contributed by atoms with Crippen molar-refractivity contribution >= 4 is 0 Å². The van der Waals surface area contributed by atoms with Gasteiger partial charge in [0.1, 0.15) is 6.10 Å². The maximum Gasteiger partial charge on any atom is 0.102 e. The van der Waals surface area contributed by atoms with Crippen molar-refractivity contribution in [2.75, 3.05) is 13.2 Å². The van der Waals surface area contributed by atoms with Gasteiger partial charge in [0.15, 0.2) is 0 Å². The van der Waals surface area contributed by atoms with Gasteiger partial charge in [-0.2, -0.15) is 0 Å². The summed E-state index contributed by atoms with van der Waals surface area (Å²) in [6.45, 7) is 7.62. The average Bonchev–Trinajstić information content (AvgIpc) is 2.43. The molecule has 0 saturated carbocycles. The van der Waals surface area contributed by atoms with E-state index in [-0.39, 0.29) is 0 Å². The van der Waals surface area contributed by atoms with Crippen molar-refractivity contribution in [3.63, 3.8) is 0 Å². The normalized spacial score (nSPS) is 12.9. The molecule has 0 aliphatic carbocycles. The standard InChI is InChI=1S/C16H26O2/c1-4-13(5-2)11-18-12-16(17)15-9-7-14(6-3)8-10-15/h7-10,13,16-17H,4-6,11-12H2,1-3H3. The van der Waals surface area contributed by atoms with E-state index in [1.165, 1.54) is 5.56 Å². The summed E-state index contributed by atoms with van der Waals surface area (Å²) in [5.41, 5.74) is 2.24. The Morgan fingerprint density at radius 3 is 2.11 bits per heavy atom. The van der Waals surface area contributed by atoms with E-state index in [1.807, 2.05) is 12.1 Å². The predicted octanol–water partition coefficient (Wildman–Crippen LogP) is 3.74. The summed E-state index contributed by atoms with van der Waals surface area (Å²) < 4.78 is 5.60. The molecule has 0 amide bonds. The minimum absolute atomic E-state index is 0.391. The van der Waals surface area contributed by atoms with Crippen LogP contribution in [0.1, 0.15) is 50.8 Å². The fourth-order valence-corrected chi connectivity index (χ4v) is 1.94. The molecule has 0 aliphatic heterocycles. The lowest BCUT2D eigenvalue weighted by Gasteiger charge is -2.16. The lowest BCUT2D eigenvalue weighted by Crippen LogP contribution is -2.13. The molecule has 1 atom stereocenters. The quantitative estimate of drug-likeness (QED) is 0.761. The fraction of sp³-hybridized carbons (Fsp3) is 0.625. The summed E-state index contributed by atoms with van der Waals surface area (Å²) in [4.78, 5) is 0. The Hall–Kier alpha value is -0.860. The number of aliphatic hydroxyl groups is 1. The van der Waals surface area contributed by atoms with E-state index >= 15 is 0 Å². The first-order valence-electron chi connectivity index (χ1n) is 7.05. The molecule has 0 bridgehead atoms. The number of rotatable bonds is 8. The van der Waals surface area contributed by atoms with Gasteiger partial charge in [0.2, 0.25) is 0 Å². The van der Waals surface area contributed by atoms with Crippen LogP contribution in [0.4, 0.5) is 0 Å². The molecule has 0 radical (unpaired) electrons. The maximum atomic E-state index is 10.0. The third kappa shape index (κ3) is 4.79. The Labute approximate surface area is 111 Å². The summed E-state index contributed by atoms with van der Waals surface area (Å²) in [5, 5.41) is 10.0. The molecule has 0 aliphatic rings. The van der Waals surface area contributed by atoms with Gasteiger partial charge in [0, 0.05) is 6.61 Å². The van der Waals surface area contributed by atoms with Gasteiger partial charge < -0.3 is 9.84 Å². The second-order valence-corrected chi connectivity index (χ2v) is 4.83. The second kappa shape index (κ2) is 8.28. The lowest BCUT2D eigenvalue weighted by atomic mass is 10.0. The molecule has 2 nitrogen and oxygen atoms in total. The van der Waals surface area contributed by atoms with Crippen molar-refractivity contribution in [3.8, 4) is 0 Å². The van der Waals surface area contributed by atoms with Gasteiger partial charge >= 0.3 is 0 Å². The molecular formula is C16H26O2. The molecule has 0 aromatic heterocycles.